The summed E-state index contributed by atoms with van der Waals surface area (Å²) >= 11 is 0. The molecule has 29 heavy (non-hydrogen) atoms. The SMILES string of the molecule is CS(=O)(=O)c1ccc(Nc2nc3ccc(F)cc3c(=O)n2-c2ccccc2)cc1. The van der Waals surface area contributed by atoms with Crippen molar-refractivity contribution in [3.63, 3.8) is 0 Å². The first-order valence-electron chi connectivity index (χ1n) is 8.68. The molecule has 0 atom stereocenters. The van der Waals surface area contributed by atoms with Crippen molar-refractivity contribution in [3.05, 3.63) is 89.0 Å². The zero-order valence-electron chi connectivity index (χ0n) is 15.3. The smallest absolute Gasteiger partial charge is 0.267 e. The van der Waals surface area contributed by atoms with Gasteiger partial charge in [-0.05, 0) is 54.6 Å². The Labute approximate surface area is 166 Å². The number of aromatic nitrogens is 2. The van der Waals surface area contributed by atoms with E-state index in [-0.39, 0.29) is 16.2 Å². The quantitative estimate of drug-likeness (QED) is 0.556. The van der Waals surface area contributed by atoms with Crippen molar-refractivity contribution >= 4 is 32.4 Å². The molecule has 8 heteroatoms. The van der Waals surface area contributed by atoms with E-state index in [4.69, 9.17) is 0 Å². The fourth-order valence-electron chi connectivity index (χ4n) is 2.97. The summed E-state index contributed by atoms with van der Waals surface area (Å²) in [5, 5.41) is 3.22. The van der Waals surface area contributed by atoms with Crippen molar-refractivity contribution in [1.82, 2.24) is 9.55 Å². The maximum absolute atomic E-state index is 13.7. The van der Waals surface area contributed by atoms with E-state index in [2.05, 4.69) is 10.3 Å². The van der Waals surface area contributed by atoms with Gasteiger partial charge >= 0.3 is 0 Å². The average molecular weight is 409 g/mol. The van der Waals surface area contributed by atoms with Crippen molar-refractivity contribution in [2.75, 3.05) is 11.6 Å². The molecule has 1 N–H and O–H groups in total. The van der Waals surface area contributed by atoms with Crippen molar-refractivity contribution in [3.8, 4) is 5.69 Å². The van der Waals surface area contributed by atoms with Gasteiger partial charge in [0.1, 0.15) is 5.82 Å². The lowest BCUT2D eigenvalue weighted by Gasteiger charge is -2.15. The molecular weight excluding hydrogens is 393 g/mol. The fraction of sp³-hybridized carbons (Fsp3) is 0.0476. The first-order valence-corrected chi connectivity index (χ1v) is 10.6. The second-order valence-corrected chi connectivity index (χ2v) is 8.51. The average Bonchev–Trinajstić information content (AvgIpc) is 2.69. The number of nitrogens with zero attached hydrogens (tertiary/aromatic N) is 2. The highest BCUT2D eigenvalue weighted by atomic mass is 32.2. The molecule has 0 radical (unpaired) electrons. The Kier molecular flexibility index (Phi) is 4.63. The van der Waals surface area contributed by atoms with Crippen molar-refractivity contribution in [2.45, 2.75) is 4.90 Å². The second kappa shape index (κ2) is 7.14. The number of nitrogens with one attached hydrogen (secondary N) is 1. The van der Waals surface area contributed by atoms with Gasteiger partial charge in [0, 0.05) is 11.9 Å². The third kappa shape index (κ3) is 3.74. The number of halogens is 1. The third-order valence-electron chi connectivity index (χ3n) is 4.38. The summed E-state index contributed by atoms with van der Waals surface area (Å²) in [6.45, 7) is 0. The lowest BCUT2D eigenvalue weighted by molar-refractivity contribution is 0.602. The van der Waals surface area contributed by atoms with E-state index in [1.54, 1.807) is 36.4 Å². The van der Waals surface area contributed by atoms with Crippen molar-refractivity contribution in [2.24, 2.45) is 0 Å². The van der Waals surface area contributed by atoms with Crippen LogP contribution in [0.5, 0.6) is 0 Å². The summed E-state index contributed by atoms with van der Waals surface area (Å²) in [6, 6.07) is 18.8. The molecule has 0 aliphatic rings. The number of hydrogen-bond donors (Lipinski definition) is 1. The van der Waals surface area contributed by atoms with Crippen LogP contribution in [-0.4, -0.2) is 24.2 Å². The van der Waals surface area contributed by atoms with Crippen LogP contribution in [0.2, 0.25) is 0 Å². The predicted molar refractivity (Wildman–Crippen MR) is 110 cm³/mol. The van der Waals surface area contributed by atoms with E-state index in [0.29, 0.717) is 16.9 Å². The maximum Gasteiger partial charge on any atom is 0.267 e. The highest BCUT2D eigenvalue weighted by Gasteiger charge is 2.14. The fourth-order valence-corrected chi connectivity index (χ4v) is 3.60. The molecule has 0 unspecified atom stereocenters. The minimum atomic E-state index is -3.32. The molecule has 3 aromatic carbocycles. The van der Waals surface area contributed by atoms with Crippen molar-refractivity contribution in [1.29, 1.82) is 0 Å². The molecule has 1 heterocycles. The molecule has 0 bridgehead atoms. The second-order valence-electron chi connectivity index (χ2n) is 6.49. The standard InChI is InChI=1S/C21H16FN3O3S/c1-29(27,28)17-10-8-15(9-11-17)23-21-24-19-12-7-14(22)13-18(19)20(26)25(21)16-5-3-2-4-6-16/h2-13H,1H3,(H,23,24). The first kappa shape index (κ1) is 18.8. The summed E-state index contributed by atoms with van der Waals surface area (Å²) < 4.78 is 38.3. The predicted octanol–water partition coefficient (Wildman–Crippen LogP) is 3.67. The van der Waals surface area contributed by atoms with Gasteiger partial charge in [0.25, 0.3) is 5.56 Å². The van der Waals surface area contributed by atoms with Crippen LogP contribution >= 0.6 is 0 Å². The lowest BCUT2D eigenvalue weighted by atomic mass is 10.2. The van der Waals surface area contributed by atoms with Crippen LogP contribution in [0.1, 0.15) is 0 Å². The minimum absolute atomic E-state index is 0.159. The highest BCUT2D eigenvalue weighted by molar-refractivity contribution is 7.90. The number of para-hydroxylation sites is 1. The van der Waals surface area contributed by atoms with Crippen LogP contribution in [0.4, 0.5) is 16.0 Å². The van der Waals surface area contributed by atoms with Gasteiger partial charge in [-0.15, -0.1) is 0 Å². The zero-order chi connectivity index (χ0) is 20.6. The normalized spacial score (nSPS) is 11.5. The van der Waals surface area contributed by atoms with Crippen LogP contribution in [0.25, 0.3) is 16.6 Å². The molecule has 4 aromatic rings. The maximum atomic E-state index is 13.7. The Morgan fingerprint density at radius 2 is 1.66 bits per heavy atom. The molecule has 0 aliphatic heterocycles. The van der Waals surface area contributed by atoms with Crippen molar-refractivity contribution < 1.29 is 12.8 Å². The van der Waals surface area contributed by atoms with Gasteiger partial charge in [-0.2, -0.15) is 0 Å². The molecule has 0 saturated carbocycles. The number of anilines is 2. The summed E-state index contributed by atoms with van der Waals surface area (Å²) in [6.07, 6.45) is 1.13. The van der Waals surface area contributed by atoms with Gasteiger partial charge in [0.2, 0.25) is 5.95 Å². The monoisotopic (exact) mass is 409 g/mol. The van der Waals surface area contributed by atoms with E-state index >= 15 is 0 Å². The van der Waals surface area contributed by atoms with Gasteiger partial charge in [-0.25, -0.2) is 22.4 Å². The third-order valence-corrected chi connectivity index (χ3v) is 5.51. The summed E-state index contributed by atoms with van der Waals surface area (Å²) in [5.41, 5.74) is 1.04. The summed E-state index contributed by atoms with van der Waals surface area (Å²) in [5.74, 6) is -0.291. The molecule has 0 spiro atoms. The Bertz CT molecular complexity index is 1370. The number of rotatable bonds is 4. The number of hydrogen-bond acceptors (Lipinski definition) is 5. The van der Waals surface area contributed by atoms with Crippen LogP contribution in [0.15, 0.2) is 82.5 Å². The zero-order valence-corrected chi connectivity index (χ0v) is 16.2. The first-order chi connectivity index (χ1) is 13.8. The molecule has 146 valence electrons. The molecular formula is C21H16FN3O3S. The van der Waals surface area contributed by atoms with Crippen LogP contribution in [0, 0.1) is 5.82 Å². The van der Waals surface area contributed by atoms with Gasteiger partial charge in [-0.1, -0.05) is 18.2 Å². The molecule has 0 fully saturated rings. The highest BCUT2D eigenvalue weighted by Crippen LogP contribution is 2.22. The Hall–Kier alpha value is -3.52. The molecule has 6 nitrogen and oxygen atoms in total. The van der Waals surface area contributed by atoms with E-state index in [0.717, 1.165) is 12.3 Å². The molecule has 0 saturated heterocycles. The molecule has 4 rings (SSSR count). The van der Waals surface area contributed by atoms with Crippen LogP contribution in [0.3, 0.4) is 0 Å². The van der Waals surface area contributed by atoms with E-state index in [1.807, 2.05) is 6.07 Å². The van der Waals surface area contributed by atoms with Gasteiger partial charge in [0.15, 0.2) is 9.84 Å². The van der Waals surface area contributed by atoms with E-state index in [1.165, 1.54) is 28.8 Å². The van der Waals surface area contributed by atoms with Gasteiger partial charge in [0.05, 0.1) is 21.5 Å². The van der Waals surface area contributed by atoms with E-state index < -0.39 is 21.2 Å². The summed E-state index contributed by atoms with van der Waals surface area (Å²) in [4.78, 5) is 17.8. The molecule has 0 aliphatic carbocycles. The number of sulfone groups is 1. The van der Waals surface area contributed by atoms with Crippen LogP contribution < -0.4 is 10.9 Å². The van der Waals surface area contributed by atoms with E-state index in [9.17, 15) is 17.6 Å². The largest absolute Gasteiger partial charge is 0.325 e. The molecule has 0 amide bonds. The molecule has 1 aromatic heterocycles. The Balaban J connectivity index is 1.89. The van der Waals surface area contributed by atoms with Crippen LogP contribution in [-0.2, 0) is 9.84 Å². The Morgan fingerprint density at radius 1 is 0.966 bits per heavy atom. The lowest BCUT2D eigenvalue weighted by Crippen LogP contribution is -2.22. The topological polar surface area (TPSA) is 81.1 Å². The van der Waals surface area contributed by atoms with Gasteiger partial charge in [-0.3, -0.25) is 4.79 Å². The number of benzene rings is 3. The minimum Gasteiger partial charge on any atom is -0.325 e. The Morgan fingerprint density at radius 3 is 2.31 bits per heavy atom. The summed E-state index contributed by atoms with van der Waals surface area (Å²) in [7, 11) is -3.32. The van der Waals surface area contributed by atoms with Gasteiger partial charge < -0.3 is 5.32 Å². The number of fused-ring (bicyclic) bond motifs is 1.